The zero-order valence-corrected chi connectivity index (χ0v) is 14.3. The minimum atomic E-state index is -0.470. The highest BCUT2D eigenvalue weighted by atomic mass is 32.1. The van der Waals surface area contributed by atoms with Gasteiger partial charge in [-0.1, -0.05) is 30.3 Å². The van der Waals surface area contributed by atoms with E-state index in [1.54, 1.807) is 17.5 Å². The van der Waals surface area contributed by atoms with Crippen molar-refractivity contribution in [1.82, 2.24) is 10.3 Å². The molecular formula is C19H19N3OS. The number of hydrogen-bond donors (Lipinski definition) is 2. The van der Waals surface area contributed by atoms with Crippen LogP contribution in [0.15, 0.2) is 54.2 Å². The highest BCUT2D eigenvalue weighted by Gasteiger charge is 2.45. The van der Waals surface area contributed by atoms with E-state index in [1.165, 1.54) is 5.56 Å². The Balaban J connectivity index is 1.63. The maximum atomic E-state index is 13.1. The van der Waals surface area contributed by atoms with Crippen LogP contribution in [0.2, 0.25) is 0 Å². The predicted molar refractivity (Wildman–Crippen MR) is 98.4 cm³/mol. The second-order valence-corrected chi connectivity index (χ2v) is 7.40. The topological polar surface area (TPSA) is 54.0 Å². The molecule has 1 aliphatic rings. The fourth-order valence-electron chi connectivity index (χ4n) is 3.48. The summed E-state index contributed by atoms with van der Waals surface area (Å²) in [5.41, 5.74) is 1.62. The SMILES string of the molecule is C[C@]1(C(=O)Nc2csc3cnccc23)CNCC1c1ccccc1. The second-order valence-electron chi connectivity index (χ2n) is 6.49. The van der Waals surface area contributed by atoms with Crippen LogP contribution in [-0.2, 0) is 4.79 Å². The Hall–Kier alpha value is -2.24. The van der Waals surface area contributed by atoms with Crippen LogP contribution in [0.4, 0.5) is 5.69 Å². The molecule has 3 heterocycles. The van der Waals surface area contributed by atoms with Gasteiger partial charge in [0.15, 0.2) is 0 Å². The van der Waals surface area contributed by atoms with Crippen LogP contribution in [0.25, 0.3) is 10.1 Å². The molecule has 4 nitrogen and oxygen atoms in total. The Kier molecular flexibility index (Phi) is 3.82. The third-order valence-corrected chi connectivity index (χ3v) is 5.89. The van der Waals surface area contributed by atoms with E-state index in [0.717, 1.165) is 22.3 Å². The van der Waals surface area contributed by atoms with E-state index in [-0.39, 0.29) is 11.8 Å². The fourth-order valence-corrected chi connectivity index (χ4v) is 4.34. The average Bonchev–Trinajstić information content (AvgIpc) is 3.21. The molecule has 0 saturated carbocycles. The smallest absolute Gasteiger partial charge is 0.232 e. The van der Waals surface area contributed by atoms with Gasteiger partial charge < -0.3 is 10.6 Å². The number of aromatic nitrogens is 1. The molecule has 122 valence electrons. The first kappa shape index (κ1) is 15.3. The van der Waals surface area contributed by atoms with Crippen molar-refractivity contribution in [1.29, 1.82) is 0 Å². The number of rotatable bonds is 3. The third-order valence-electron chi connectivity index (χ3n) is 4.96. The van der Waals surface area contributed by atoms with Crippen molar-refractivity contribution < 1.29 is 4.79 Å². The van der Waals surface area contributed by atoms with Gasteiger partial charge in [-0.2, -0.15) is 0 Å². The lowest BCUT2D eigenvalue weighted by molar-refractivity contribution is -0.124. The normalized spacial score (nSPS) is 23.5. The average molecular weight is 337 g/mol. The second kappa shape index (κ2) is 6.00. The van der Waals surface area contributed by atoms with Crippen molar-refractivity contribution >= 4 is 33.0 Å². The number of nitrogens with one attached hydrogen (secondary N) is 2. The van der Waals surface area contributed by atoms with Crippen molar-refractivity contribution in [2.75, 3.05) is 18.4 Å². The number of carbonyl (C=O) groups excluding carboxylic acids is 1. The number of carbonyl (C=O) groups is 1. The Morgan fingerprint density at radius 3 is 3.00 bits per heavy atom. The van der Waals surface area contributed by atoms with Gasteiger partial charge in [0.05, 0.1) is 15.8 Å². The van der Waals surface area contributed by atoms with Gasteiger partial charge in [0.2, 0.25) is 5.91 Å². The van der Waals surface area contributed by atoms with Crippen LogP contribution >= 0.6 is 11.3 Å². The summed E-state index contributed by atoms with van der Waals surface area (Å²) in [5, 5.41) is 9.59. The predicted octanol–water partition coefficient (Wildman–Crippen LogP) is 3.63. The number of nitrogens with zero attached hydrogens (tertiary/aromatic N) is 1. The van der Waals surface area contributed by atoms with Gasteiger partial charge >= 0.3 is 0 Å². The van der Waals surface area contributed by atoms with Crippen LogP contribution in [0.5, 0.6) is 0 Å². The van der Waals surface area contributed by atoms with Gasteiger partial charge in [-0.25, -0.2) is 0 Å². The van der Waals surface area contributed by atoms with Crippen LogP contribution in [-0.4, -0.2) is 24.0 Å². The molecule has 0 radical (unpaired) electrons. The van der Waals surface area contributed by atoms with Crippen molar-refractivity contribution in [3.63, 3.8) is 0 Å². The van der Waals surface area contributed by atoms with Crippen molar-refractivity contribution in [2.45, 2.75) is 12.8 Å². The molecule has 2 atom stereocenters. The number of amides is 1. The Bertz CT molecular complexity index is 876. The molecule has 2 aromatic heterocycles. The highest BCUT2D eigenvalue weighted by molar-refractivity contribution is 7.17. The summed E-state index contributed by atoms with van der Waals surface area (Å²) in [6, 6.07) is 12.2. The summed E-state index contributed by atoms with van der Waals surface area (Å²) < 4.78 is 1.09. The van der Waals surface area contributed by atoms with E-state index in [1.807, 2.05) is 35.8 Å². The summed E-state index contributed by atoms with van der Waals surface area (Å²) >= 11 is 1.60. The minimum absolute atomic E-state index is 0.0675. The first-order chi connectivity index (χ1) is 11.7. The zero-order valence-electron chi connectivity index (χ0n) is 13.5. The number of hydrogen-bond acceptors (Lipinski definition) is 4. The van der Waals surface area contributed by atoms with Gasteiger partial charge in [0, 0.05) is 42.2 Å². The molecule has 1 amide bonds. The minimum Gasteiger partial charge on any atom is -0.324 e. The maximum Gasteiger partial charge on any atom is 0.232 e. The number of benzene rings is 1. The van der Waals surface area contributed by atoms with Gasteiger partial charge in [0.1, 0.15) is 0 Å². The summed E-state index contributed by atoms with van der Waals surface area (Å²) in [4.78, 5) is 17.2. The summed E-state index contributed by atoms with van der Waals surface area (Å²) in [6.07, 6.45) is 3.59. The first-order valence-electron chi connectivity index (χ1n) is 8.07. The lowest BCUT2D eigenvalue weighted by atomic mass is 9.75. The molecule has 2 N–H and O–H groups in total. The lowest BCUT2D eigenvalue weighted by Gasteiger charge is -2.29. The molecule has 3 aromatic rings. The van der Waals surface area contributed by atoms with E-state index in [0.29, 0.717) is 6.54 Å². The molecule has 0 spiro atoms. The van der Waals surface area contributed by atoms with Crippen LogP contribution in [0, 0.1) is 5.41 Å². The van der Waals surface area contributed by atoms with Crippen molar-refractivity contribution in [3.8, 4) is 0 Å². The van der Waals surface area contributed by atoms with E-state index >= 15 is 0 Å². The molecule has 24 heavy (non-hydrogen) atoms. The molecule has 1 aliphatic heterocycles. The molecule has 0 bridgehead atoms. The highest BCUT2D eigenvalue weighted by Crippen LogP contribution is 2.40. The Morgan fingerprint density at radius 1 is 1.33 bits per heavy atom. The number of fused-ring (bicyclic) bond motifs is 1. The maximum absolute atomic E-state index is 13.1. The first-order valence-corrected chi connectivity index (χ1v) is 8.95. The molecular weight excluding hydrogens is 318 g/mol. The van der Waals surface area contributed by atoms with E-state index < -0.39 is 5.41 Å². The van der Waals surface area contributed by atoms with Gasteiger partial charge in [-0.3, -0.25) is 9.78 Å². The quantitative estimate of drug-likeness (QED) is 0.767. The molecule has 1 aromatic carbocycles. The standard InChI is InChI=1S/C19H19N3OS/c1-19(12-21-9-15(19)13-5-3-2-4-6-13)18(23)22-16-11-24-17-10-20-8-7-14(16)17/h2-8,10-11,15,21H,9,12H2,1H3,(H,22,23)/t15?,19-/m0/s1. The number of anilines is 1. The van der Waals surface area contributed by atoms with Crippen molar-refractivity contribution in [2.24, 2.45) is 5.41 Å². The fraction of sp³-hybridized carbons (Fsp3) is 0.263. The van der Waals surface area contributed by atoms with Crippen LogP contribution in [0.3, 0.4) is 0 Å². The lowest BCUT2D eigenvalue weighted by Crippen LogP contribution is -2.39. The monoisotopic (exact) mass is 337 g/mol. The molecule has 1 saturated heterocycles. The summed E-state index contributed by atoms with van der Waals surface area (Å²) in [7, 11) is 0. The van der Waals surface area contributed by atoms with Crippen LogP contribution in [0.1, 0.15) is 18.4 Å². The van der Waals surface area contributed by atoms with E-state index in [9.17, 15) is 4.79 Å². The van der Waals surface area contributed by atoms with Crippen LogP contribution < -0.4 is 10.6 Å². The summed E-state index contributed by atoms with van der Waals surface area (Å²) in [5.74, 6) is 0.239. The van der Waals surface area contributed by atoms with E-state index in [2.05, 4.69) is 34.7 Å². The molecule has 1 fully saturated rings. The van der Waals surface area contributed by atoms with Crippen molar-refractivity contribution in [3.05, 3.63) is 59.7 Å². The van der Waals surface area contributed by atoms with E-state index in [4.69, 9.17) is 0 Å². The molecule has 0 aliphatic carbocycles. The number of pyridine rings is 1. The zero-order chi connectivity index (χ0) is 16.6. The third kappa shape index (κ3) is 2.50. The molecule has 5 heteroatoms. The number of thiophene rings is 1. The Labute approximate surface area is 144 Å². The van der Waals surface area contributed by atoms with Gasteiger partial charge in [-0.15, -0.1) is 11.3 Å². The summed E-state index contributed by atoms with van der Waals surface area (Å²) in [6.45, 7) is 3.56. The Morgan fingerprint density at radius 2 is 2.17 bits per heavy atom. The van der Waals surface area contributed by atoms with Gasteiger partial charge in [0.25, 0.3) is 0 Å². The molecule has 1 unspecified atom stereocenters. The largest absolute Gasteiger partial charge is 0.324 e. The molecule has 4 rings (SSSR count). The van der Waals surface area contributed by atoms with Gasteiger partial charge in [-0.05, 0) is 18.6 Å².